The summed E-state index contributed by atoms with van der Waals surface area (Å²) in [6.07, 6.45) is 1.17. The molecule has 4 aromatic carbocycles. The summed E-state index contributed by atoms with van der Waals surface area (Å²) in [7, 11) is 1.59. The van der Waals surface area contributed by atoms with Crippen LogP contribution in [0.4, 0.5) is 0 Å². The van der Waals surface area contributed by atoms with Crippen molar-refractivity contribution >= 4 is 17.1 Å². The van der Waals surface area contributed by atoms with Crippen LogP contribution in [-0.2, 0) is 11.2 Å². The number of fused-ring (bicyclic) bond motifs is 1. The number of allylic oxidation sites excluding steroid dienone is 1. The van der Waals surface area contributed by atoms with E-state index >= 15 is 0 Å². The summed E-state index contributed by atoms with van der Waals surface area (Å²) in [6.45, 7) is 2.03. The lowest BCUT2D eigenvalue weighted by atomic mass is 9.84. The van der Waals surface area contributed by atoms with Gasteiger partial charge in [0.25, 0.3) is 0 Å². The fourth-order valence-electron chi connectivity index (χ4n) is 3.90. The predicted molar refractivity (Wildman–Crippen MR) is 141 cm³/mol. The van der Waals surface area contributed by atoms with Crippen LogP contribution in [0.5, 0.6) is 17.2 Å². The van der Waals surface area contributed by atoms with E-state index in [0.29, 0.717) is 34.8 Å². The number of para-hydroxylation sites is 2. The number of carbonyl (C=O) groups excluding carboxylic acids is 1. The summed E-state index contributed by atoms with van der Waals surface area (Å²) >= 11 is 0. The van der Waals surface area contributed by atoms with Gasteiger partial charge in [-0.15, -0.1) is 0 Å². The van der Waals surface area contributed by atoms with Crippen molar-refractivity contribution in [1.82, 2.24) is 0 Å². The van der Waals surface area contributed by atoms with Crippen LogP contribution < -0.4 is 14.5 Å². The molecule has 0 aromatic heterocycles. The highest BCUT2D eigenvalue weighted by atomic mass is 17.2. The molecule has 0 fully saturated rings. The fourth-order valence-corrected chi connectivity index (χ4v) is 3.90. The molecule has 4 aromatic rings. The number of carbonyl (C=O) groups is 1. The summed E-state index contributed by atoms with van der Waals surface area (Å²) in [6, 6.07) is 31.8. The van der Waals surface area contributed by atoms with Crippen LogP contribution in [0.3, 0.4) is 0 Å². The van der Waals surface area contributed by atoms with Gasteiger partial charge < -0.3 is 9.84 Å². The third-order valence-corrected chi connectivity index (χ3v) is 5.75. The molecule has 0 atom stereocenters. The van der Waals surface area contributed by atoms with Gasteiger partial charge in [0.05, 0.1) is 12.7 Å². The van der Waals surface area contributed by atoms with Gasteiger partial charge in [-0.05, 0) is 73.0 Å². The second-order valence-electron chi connectivity index (χ2n) is 8.33. The molecule has 1 N–H and O–H groups in total. The van der Waals surface area contributed by atoms with Gasteiger partial charge in [0.15, 0.2) is 17.3 Å². The lowest BCUT2D eigenvalue weighted by Gasteiger charge is -2.20. The molecule has 0 radical (unpaired) electrons. The van der Waals surface area contributed by atoms with Crippen LogP contribution in [0, 0.1) is 6.92 Å². The minimum absolute atomic E-state index is 0.00956. The predicted octanol–water partition coefficient (Wildman–Crippen LogP) is 7.00. The number of Topliss-reactive ketones (excluding diaryl/α,β-unsaturated/α-hetero) is 1. The summed E-state index contributed by atoms with van der Waals surface area (Å²) in [4.78, 5) is 22.5. The molecule has 36 heavy (non-hydrogen) atoms. The van der Waals surface area contributed by atoms with Gasteiger partial charge in [-0.3, -0.25) is 14.6 Å². The Kier molecular flexibility index (Phi) is 8.04. The summed E-state index contributed by atoms with van der Waals surface area (Å²) in [5.41, 5.74) is 4.17. The first kappa shape index (κ1) is 24.6. The molecule has 0 aliphatic heterocycles. The van der Waals surface area contributed by atoms with E-state index in [-0.39, 0.29) is 11.5 Å². The average Bonchev–Trinajstić information content (AvgIpc) is 2.93. The normalized spacial score (nSPS) is 13.6. The maximum Gasteiger partial charge on any atom is 0.178 e. The first-order chi connectivity index (χ1) is 17.5. The first-order valence-corrected chi connectivity index (χ1v) is 11.7. The number of ketones is 1. The molecule has 0 unspecified atom stereocenters. The minimum atomic E-state index is -0.00956. The largest absolute Gasteiger partial charge is 0.507 e. The second-order valence-corrected chi connectivity index (χ2v) is 8.33. The summed E-state index contributed by atoms with van der Waals surface area (Å²) < 4.78 is 5.12. The molecular formula is C31H28O5. The average molecular weight is 481 g/mol. The van der Waals surface area contributed by atoms with Crippen molar-refractivity contribution in [2.75, 3.05) is 7.11 Å². The van der Waals surface area contributed by atoms with Crippen molar-refractivity contribution in [1.29, 1.82) is 0 Å². The van der Waals surface area contributed by atoms with Crippen molar-refractivity contribution in [3.63, 3.8) is 0 Å². The molecule has 5 rings (SSSR count). The molecule has 5 nitrogen and oxygen atoms in total. The van der Waals surface area contributed by atoms with Crippen molar-refractivity contribution in [2.45, 2.75) is 19.8 Å². The number of benzene rings is 4. The zero-order valence-corrected chi connectivity index (χ0v) is 20.3. The summed E-state index contributed by atoms with van der Waals surface area (Å²) in [5, 5.41) is 10.6. The molecule has 1 aliphatic carbocycles. The SMILES string of the molecule is COc1ccc(C(O)=C2C(=O)CCc3cc(C)ccc32)cc1.c1ccc(OOc2ccccc2)cc1. The standard InChI is InChI=1S/C19H18O3.C12H10O2/c1-12-3-9-16-14(11-12)6-10-17(20)18(16)19(21)13-4-7-15(22-2)8-5-13;1-3-7-11(8-4-1)13-14-12-9-5-2-6-10-12/h3-5,7-9,11,21H,6,10H2,1-2H3;1-10H. The highest BCUT2D eigenvalue weighted by Crippen LogP contribution is 2.34. The van der Waals surface area contributed by atoms with Crippen LogP contribution in [0.25, 0.3) is 11.3 Å². The van der Waals surface area contributed by atoms with Crippen LogP contribution >= 0.6 is 0 Å². The van der Waals surface area contributed by atoms with E-state index in [0.717, 1.165) is 23.1 Å². The molecule has 0 saturated heterocycles. The number of ether oxygens (including phenoxy) is 1. The highest BCUT2D eigenvalue weighted by molar-refractivity contribution is 6.28. The maximum atomic E-state index is 12.3. The highest BCUT2D eigenvalue weighted by Gasteiger charge is 2.25. The van der Waals surface area contributed by atoms with Crippen molar-refractivity contribution < 1.29 is 24.4 Å². The number of hydrogen-bond donors (Lipinski definition) is 1. The Morgan fingerprint density at radius 3 is 1.86 bits per heavy atom. The van der Waals surface area contributed by atoms with Crippen molar-refractivity contribution in [3.8, 4) is 17.2 Å². The van der Waals surface area contributed by atoms with E-state index in [2.05, 4.69) is 6.07 Å². The zero-order valence-electron chi connectivity index (χ0n) is 20.3. The monoisotopic (exact) mass is 480 g/mol. The number of aliphatic hydroxyl groups excluding tert-OH is 1. The Labute approximate surface area is 211 Å². The molecule has 0 amide bonds. The first-order valence-electron chi connectivity index (χ1n) is 11.7. The number of aryl methyl sites for hydroxylation is 2. The number of methoxy groups -OCH3 is 1. The van der Waals surface area contributed by atoms with E-state index in [1.165, 1.54) is 0 Å². The lowest BCUT2D eigenvalue weighted by molar-refractivity contribution is -0.113. The van der Waals surface area contributed by atoms with Gasteiger partial charge >= 0.3 is 0 Å². The molecule has 182 valence electrons. The third kappa shape index (κ3) is 6.13. The molecule has 0 bridgehead atoms. The molecule has 0 spiro atoms. The minimum Gasteiger partial charge on any atom is -0.507 e. The van der Waals surface area contributed by atoms with E-state index in [4.69, 9.17) is 14.5 Å². The Hall–Kier alpha value is -4.51. The number of hydrogen-bond acceptors (Lipinski definition) is 5. The topological polar surface area (TPSA) is 65.0 Å². The molecule has 0 heterocycles. The Morgan fingerprint density at radius 2 is 1.31 bits per heavy atom. The van der Waals surface area contributed by atoms with Gasteiger partial charge in [0, 0.05) is 12.0 Å². The van der Waals surface area contributed by atoms with Crippen molar-refractivity contribution in [3.05, 3.63) is 125 Å². The van der Waals surface area contributed by atoms with Crippen LogP contribution in [0.15, 0.2) is 103 Å². The van der Waals surface area contributed by atoms with Gasteiger partial charge in [-0.1, -0.05) is 60.2 Å². The smallest absolute Gasteiger partial charge is 0.178 e. The van der Waals surface area contributed by atoms with Gasteiger partial charge in [0.2, 0.25) is 0 Å². The van der Waals surface area contributed by atoms with E-state index in [9.17, 15) is 9.90 Å². The van der Waals surface area contributed by atoms with Gasteiger partial charge in [-0.2, -0.15) is 0 Å². The Balaban J connectivity index is 0.000000187. The van der Waals surface area contributed by atoms with Crippen molar-refractivity contribution in [2.24, 2.45) is 0 Å². The maximum absolute atomic E-state index is 12.3. The third-order valence-electron chi connectivity index (χ3n) is 5.75. The summed E-state index contributed by atoms with van der Waals surface area (Å²) in [5.74, 6) is 2.13. The quantitative estimate of drug-likeness (QED) is 0.144. The Bertz CT molecular complexity index is 1290. The number of rotatable bonds is 5. The van der Waals surface area contributed by atoms with Crippen LogP contribution in [-0.4, -0.2) is 18.0 Å². The molecule has 5 heteroatoms. The Morgan fingerprint density at radius 1 is 0.722 bits per heavy atom. The molecule has 0 saturated carbocycles. The second kappa shape index (κ2) is 11.8. The van der Waals surface area contributed by atoms with E-state index in [1.807, 2.05) is 79.7 Å². The fraction of sp³-hybridized carbons (Fsp3) is 0.129. The zero-order chi connectivity index (χ0) is 25.3. The van der Waals surface area contributed by atoms with E-state index < -0.39 is 0 Å². The van der Waals surface area contributed by atoms with Gasteiger partial charge in [-0.25, -0.2) is 0 Å². The van der Waals surface area contributed by atoms with Gasteiger partial charge in [0.1, 0.15) is 11.5 Å². The van der Waals surface area contributed by atoms with E-state index in [1.54, 1.807) is 31.4 Å². The molecular weight excluding hydrogens is 452 g/mol. The molecule has 1 aliphatic rings. The van der Waals surface area contributed by atoms with Crippen LogP contribution in [0.2, 0.25) is 0 Å². The number of aliphatic hydroxyl groups is 1. The lowest BCUT2D eigenvalue weighted by Crippen LogP contribution is -2.14. The van der Waals surface area contributed by atoms with Crippen LogP contribution in [0.1, 0.15) is 28.7 Å².